The van der Waals surface area contributed by atoms with Crippen molar-refractivity contribution in [1.29, 1.82) is 0 Å². The summed E-state index contributed by atoms with van der Waals surface area (Å²) in [5, 5.41) is 4.66. The van der Waals surface area contributed by atoms with Crippen molar-refractivity contribution in [3.05, 3.63) is 64.7 Å². The molecule has 2 unspecified atom stereocenters. The molecule has 2 rings (SSSR count). The van der Waals surface area contributed by atoms with Gasteiger partial charge in [-0.05, 0) is 43.2 Å². The van der Waals surface area contributed by atoms with Gasteiger partial charge in [0.15, 0.2) is 6.10 Å². The minimum absolute atomic E-state index is 0.112. The van der Waals surface area contributed by atoms with Gasteiger partial charge in [0.05, 0.1) is 0 Å². The van der Waals surface area contributed by atoms with E-state index in [1.54, 1.807) is 31.3 Å². The van der Waals surface area contributed by atoms with Crippen molar-refractivity contribution in [2.75, 3.05) is 0 Å². The number of ether oxygens (including phenoxy) is 1. The van der Waals surface area contributed by atoms with Crippen molar-refractivity contribution >= 4 is 23.7 Å². The molecule has 0 heterocycles. The quantitative estimate of drug-likeness (QED) is 0.626. The van der Waals surface area contributed by atoms with Crippen molar-refractivity contribution in [3.8, 4) is 5.75 Å². The van der Waals surface area contributed by atoms with Gasteiger partial charge < -0.3 is 4.74 Å². The lowest BCUT2D eigenvalue weighted by molar-refractivity contribution is -0.127. The van der Waals surface area contributed by atoms with Crippen LogP contribution in [0.1, 0.15) is 30.9 Å². The normalized spacial score (nSPS) is 13.5. The highest BCUT2D eigenvalue weighted by molar-refractivity contribution is 6.30. The lowest BCUT2D eigenvalue weighted by atomic mass is 10.0. The molecule has 0 aliphatic heterocycles. The number of amides is 1. The fraction of sp³-hybridized carbons (Fsp3) is 0.263. The number of nitrogens with one attached hydrogen (secondary N) is 1. The van der Waals surface area contributed by atoms with Gasteiger partial charge in [-0.15, -0.1) is 0 Å². The molecule has 0 bridgehead atoms. The van der Waals surface area contributed by atoms with E-state index < -0.39 is 6.10 Å². The Hall–Kier alpha value is -2.33. The maximum atomic E-state index is 12.1. The van der Waals surface area contributed by atoms with E-state index in [2.05, 4.69) is 10.5 Å². The maximum absolute atomic E-state index is 12.1. The Morgan fingerprint density at radius 3 is 2.58 bits per heavy atom. The topological polar surface area (TPSA) is 50.7 Å². The van der Waals surface area contributed by atoms with Gasteiger partial charge in [-0.25, -0.2) is 5.43 Å². The highest BCUT2D eigenvalue weighted by Crippen LogP contribution is 2.22. The SMILES string of the molecule is Cc1cc(Cl)ccc1OC(C)C(=O)NN=CC(C)c1ccccc1. The first-order valence-corrected chi connectivity index (χ1v) is 8.16. The summed E-state index contributed by atoms with van der Waals surface area (Å²) in [6.07, 6.45) is 1.04. The number of carbonyl (C=O) groups is 1. The first kappa shape index (κ1) is 18.0. The molecule has 1 amide bonds. The molecule has 4 nitrogen and oxygen atoms in total. The molecule has 5 heteroatoms. The second kappa shape index (κ2) is 8.50. The number of carbonyl (C=O) groups excluding carboxylic acids is 1. The zero-order valence-corrected chi connectivity index (χ0v) is 14.7. The van der Waals surface area contributed by atoms with Crippen LogP contribution in [0, 0.1) is 6.92 Å². The molecule has 0 spiro atoms. The molecule has 0 fully saturated rings. The minimum Gasteiger partial charge on any atom is -0.481 e. The summed E-state index contributed by atoms with van der Waals surface area (Å²) in [6, 6.07) is 15.2. The monoisotopic (exact) mass is 344 g/mol. The number of halogens is 1. The number of benzene rings is 2. The standard InChI is InChI=1S/C19H21ClN2O2/c1-13-11-17(20)9-10-18(13)24-15(3)19(23)22-21-12-14(2)16-7-5-4-6-8-16/h4-12,14-15H,1-3H3,(H,22,23). The summed E-state index contributed by atoms with van der Waals surface area (Å²) in [6.45, 7) is 5.58. The molecule has 0 radical (unpaired) electrons. The second-order valence-electron chi connectivity index (χ2n) is 5.62. The predicted molar refractivity (Wildman–Crippen MR) is 97.8 cm³/mol. The van der Waals surface area contributed by atoms with Crippen LogP contribution in [0.3, 0.4) is 0 Å². The number of hydrogen-bond donors (Lipinski definition) is 1. The maximum Gasteiger partial charge on any atom is 0.280 e. The Kier molecular flexibility index (Phi) is 6.38. The van der Waals surface area contributed by atoms with E-state index in [4.69, 9.17) is 16.3 Å². The Labute approximate surface area is 147 Å². The average molecular weight is 345 g/mol. The van der Waals surface area contributed by atoms with Crippen LogP contribution in [0.5, 0.6) is 5.75 Å². The fourth-order valence-corrected chi connectivity index (χ4v) is 2.36. The lowest BCUT2D eigenvalue weighted by Gasteiger charge is -2.15. The van der Waals surface area contributed by atoms with Crippen molar-refractivity contribution in [2.24, 2.45) is 5.10 Å². The van der Waals surface area contributed by atoms with Crippen LogP contribution in [0.4, 0.5) is 0 Å². The van der Waals surface area contributed by atoms with Crippen LogP contribution in [-0.2, 0) is 4.79 Å². The van der Waals surface area contributed by atoms with Gasteiger partial charge in [0.1, 0.15) is 5.75 Å². The zero-order chi connectivity index (χ0) is 17.5. The van der Waals surface area contributed by atoms with Gasteiger partial charge in [-0.3, -0.25) is 4.79 Å². The highest BCUT2D eigenvalue weighted by Gasteiger charge is 2.15. The first-order chi connectivity index (χ1) is 11.5. The number of aryl methyl sites for hydroxylation is 1. The van der Waals surface area contributed by atoms with Crippen molar-refractivity contribution in [2.45, 2.75) is 32.8 Å². The molecule has 0 saturated heterocycles. The summed E-state index contributed by atoms with van der Waals surface area (Å²) in [5.41, 5.74) is 4.53. The molecule has 126 valence electrons. The smallest absolute Gasteiger partial charge is 0.280 e. The van der Waals surface area contributed by atoms with Crippen LogP contribution in [-0.4, -0.2) is 18.2 Å². The van der Waals surface area contributed by atoms with Crippen LogP contribution in [0.25, 0.3) is 0 Å². The zero-order valence-electron chi connectivity index (χ0n) is 14.0. The molecule has 2 atom stereocenters. The fourth-order valence-electron chi connectivity index (χ4n) is 2.14. The van der Waals surface area contributed by atoms with E-state index in [1.165, 1.54) is 0 Å². The molecule has 0 aromatic heterocycles. The third-order valence-electron chi connectivity index (χ3n) is 3.61. The number of rotatable bonds is 6. The molecule has 1 N–H and O–H groups in total. The van der Waals surface area contributed by atoms with Crippen molar-refractivity contribution in [1.82, 2.24) is 5.43 Å². The van der Waals surface area contributed by atoms with Gasteiger partial charge in [0, 0.05) is 17.2 Å². The van der Waals surface area contributed by atoms with Crippen LogP contribution in [0.2, 0.25) is 5.02 Å². The number of nitrogens with zero attached hydrogens (tertiary/aromatic N) is 1. The largest absolute Gasteiger partial charge is 0.481 e. The van der Waals surface area contributed by atoms with Crippen LogP contribution >= 0.6 is 11.6 Å². The van der Waals surface area contributed by atoms with E-state index in [-0.39, 0.29) is 11.8 Å². The van der Waals surface area contributed by atoms with Crippen LogP contribution < -0.4 is 10.2 Å². The Morgan fingerprint density at radius 2 is 1.92 bits per heavy atom. The van der Waals surface area contributed by atoms with Gasteiger partial charge in [-0.1, -0.05) is 48.9 Å². The first-order valence-electron chi connectivity index (χ1n) is 7.78. The summed E-state index contributed by atoms with van der Waals surface area (Å²) < 4.78 is 5.66. The van der Waals surface area contributed by atoms with Crippen molar-refractivity contribution < 1.29 is 9.53 Å². The molecule has 2 aromatic rings. The second-order valence-corrected chi connectivity index (χ2v) is 6.06. The van der Waals surface area contributed by atoms with Gasteiger partial charge >= 0.3 is 0 Å². The summed E-state index contributed by atoms with van der Waals surface area (Å²) in [7, 11) is 0. The molecule has 24 heavy (non-hydrogen) atoms. The molecular formula is C19H21ClN2O2. The lowest BCUT2D eigenvalue weighted by Crippen LogP contribution is -2.33. The Morgan fingerprint density at radius 1 is 1.21 bits per heavy atom. The Bertz CT molecular complexity index is 717. The van der Waals surface area contributed by atoms with Gasteiger partial charge in [0.2, 0.25) is 0 Å². The van der Waals surface area contributed by atoms with Crippen LogP contribution in [0.15, 0.2) is 53.6 Å². The third-order valence-corrected chi connectivity index (χ3v) is 3.84. The minimum atomic E-state index is -0.658. The van der Waals surface area contributed by atoms with E-state index in [0.717, 1.165) is 11.1 Å². The summed E-state index contributed by atoms with van der Waals surface area (Å²) in [5.74, 6) is 0.436. The molecular weight excluding hydrogens is 324 g/mol. The van der Waals surface area contributed by atoms with E-state index in [1.807, 2.05) is 44.2 Å². The predicted octanol–water partition coefficient (Wildman–Crippen LogP) is 4.32. The average Bonchev–Trinajstić information content (AvgIpc) is 2.57. The number of hydrazone groups is 1. The molecule has 2 aromatic carbocycles. The molecule has 0 aliphatic rings. The Balaban J connectivity index is 1.88. The molecule has 0 saturated carbocycles. The van der Waals surface area contributed by atoms with E-state index in [0.29, 0.717) is 10.8 Å². The van der Waals surface area contributed by atoms with Gasteiger partial charge in [-0.2, -0.15) is 5.10 Å². The summed E-state index contributed by atoms with van der Waals surface area (Å²) >= 11 is 5.91. The van der Waals surface area contributed by atoms with E-state index in [9.17, 15) is 4.79 Å². The highest BCUT2D eigenvalue weighted by atomic mass is 35.5. The third kappa shape index (κ3) is 5.10. The van der Waals surface area contributed by atoms with E-state index >= 15 is 0 Å². The number of hydrogen-bond acceptors (Lipinski definition) is 3. The van der Waals surface area contributed by atoms with Crippen molar-refractivity contribution in [3.63, 3.8) is 0 Å². The van der Waals surface area contributed by atoms with Gasteiger partial charge in [0.25, 0.3) is 5.91 Å². The molecule has 0 aliphatic carbocycles. The summed E-state index contributed by atoms with van der Waals surface area (Å²) in [4.78, 5) is 12.1.